The summed E-state index contributed by atoms with van der Waals surface area (Å²) < 4.78 is 0. The van der Waals surface area contributed by atoms with Crippen molar-refractivity contribution in [3.05, 3.63) is 11.6 Å². The molecule has 17 heavy (non-hydrogen) atoms. The van der Waals surface area contributed by atoms with Gasteiger partial charge in [-0.3, -0.25) is 0 Å². The molecule has 0 bridgehead atoms. The van der Waals surface area contributed by atoms with Crippen LogP contribution in [0.2, 0.25) is 0 Å². The van der Waals surface area contributed by atoms with Crippen molar-refractivity contribution in [1.29, 1.82) is 0 Å². The first-order chi connectivity index (χ1) is 8.01. The quantitative estimate of drug-likeness (QED) is 0.532. The first-order valence-electron chi connectivity index (χ1n) is 6.35. The number of rotatable bonds is 1. The first kappa shape index (κ1) is 12.1. The van der Waals surface area contributed by atoms with E-state index in [-0.39, 0.29) is 5.41 Å². The molecule has 0 spiro atoms. The van der Waals surface area contributed by atoms with Crippen molar-refractivity contribution in [2.75, 3.05) is 0 Å². The maximum atomic E-state index is 10.7. The van der Waals surface area contributed by atoms with Crippen molar-refractivity contribution >= 4 is 11.7 Å². The molecule has 0 aromatic rings. The monoisotopic (exact) mass is 235 g/mol. The van der Waals surface area contributed by atoms with Gasteiger partial charge in [-0.05, 0) is 38.0 Å². The summed E-state index contributed by atoms with van der Waals surface area (Å²) in [5, 5.41) is 4.18. The van der Waals surface area contributed by atoms with E-state index in [0.717, 1.165) is 18.6 Å². The second-order valence-corrected chi connectivity index (χ2v) is 5.49. The van der Waals surface area contributed by atoms with Crippen LogP contribution < -0.4 is 11.2 Å². The maximum absolute atomic E-state index is 10.7. The van der Waals surface area contributed by atoms with Crippen LogP contribution in [0.4, 0.5) is 4.79 Å². The van der Waals surface area contributed by atoms with Gasteiger partial charge in [-0.1, -0.05) is 25.5 Å². The zero-order valence-corrected chi connectivity index (χ0v) is 10.6. The fraction of sp³-hybridized carbons (Fsp3) is 0.692. The van der Waals surface area contributed by atoms with Gasteiger partial charge >= 0.3 is 6.03 Å². The molecule has 2 amide bonds. The number of primary amides is 1. The number of nitrogens with zero attached hydrogens (tertiary/aromatic N) is 1. The number of hydrogen-bond acceptors (Lipinski definition) is 2. The van der Waals surface area contributed by atoms with Gasteiger partial charge in [0.25, 0.3) is 0 Å². The molecule has 0 aromatic heterocycles. The molecule has 1 saturated carbocycles. The van der Waals surface area contributed by atoms with E-state index in [4.69, 9.17) is 5.73 Å². The number of nitrogens with one attached hydrogen (secondary N) is 1. The number of hydrogen-bond donors (Lipinski definition) is 2. The lowest BCUT2D eigenvalue weighted by atomic mass is 9.63. The van der Waals surface area contributed by atoms with E-state index in [1.807, 2.05) is 0 Å². The van der Waals surface area contributed by atoms with Crippen molar-refractivity contribution in [2.24, 2.45) is 22.2 Å². The normalized spacial score (nSPS) is 29.4. The smallest absolute Gasteiger partial charge is 0.332 e. The summed E-state index contributed by atoms with van der Waals surface area (Å²) in [5.74, 6) is 0.714. The highest BCUT2D eigenvalue weighted by molar-refractivity contribution is 5.94. The molecule has 94 valence electrons. The molecule has 1 unspecified atom stereocenters. The largest absolute Gasteiger partial charge is 0.350 e. The summed E-state index contributed by atoms with van der Waals surface area (Å²) in [7, 11) is 0. The third-order valence-electron chi connectivity index (χ3n) is 4.03. The molecule has 1 atom stereocenters. The summed E-state index contributed by atoms with van der Waals surface area (Å²) in [5.41, 5.74) is 9.93. The molecule has 0 radical (unpaired) electrons. The number of amides is 2. The molecule has 4 heteroatoms. The molecule has 0 saturated heterocycles. The van der Waals surface area contributed by atoms with Gasteiger partial charge in [0.2, 0.25) is 0 Å². The van der Waals surface area contributed by atoms with E-state index >= 15 is 0 Å². The van der Waals surface area contributed by atoms with E-state index in [1.54, 1.807) is 0 Å². The summed E-state index contributed by atoms with van der Waals surface area (Å²) in [6.45, 7) is 4.38. The summed E-state index contributed by atoms with van der Waals surface area (Å²) in [4.78, 5) is 10.7. The molecule has 3 N–H and O–H groups in total. The number of nitrogens with two attached hydrogens (primary N) is 1. The minimum absolute atomic E-state index is 0.0359. The average Bonchev–Trinajstić information content (AvgIpc) is 2.28. The molecule has 4 nitrogen and oxygen atoms in total. The summed E-state index contributed by atoms with van der Waals surface area (Å²) in [6.07, 6.45) is 8.24. The SMILES string of the molecule is CC1(C)C2=CCCCC2CC/C1=N\NC(N)=O. The van der Waals surface area contributed by atoms with Gasteiger partial charge in [0.1, 0.15) is 0 Å². The number of hydrazone groups is 1. The Labute approximate surface area is 102 Å². The second-order valence-electron chi connectivity index (χ2n) is 5.49. The van der Waals surface area contributed by atoms with Crippen molar-refractivity contribution in [2.45, 2.75) is 46.0 Å². The van der Waals surface area contributed by atoms with Crippen molar-refractivity contribution in [3.8, 4) is 0 Å². The molecule has 0 aliphatic heterocycles. The van der Waals surface area contributed by atoms with Crippen molar-refractivity contribution in [3.63, 3.8) is 0 Å². The number of carbonyl (C=O) groups excluding carboxylic acids is 1. The van der Waals surface area contributed by atoms with E-state index in [1.165, 1.54) is 24.8 Å². The third-order valence-corrected chi connectivity index (χ3v) is 4.03. The van der Waals surface area contributed by atoms with Crippen LogP contribution in [0.3, 0.4) is 0 Å². The Bertz CT molecular complexity index is 382. The summed E-state index contributed by atoms with van der Waals surface area (Å²) in [6, 6.07) is -0.590. The van der Waals surface area contributed by atoms with E-state index in [9.17, 15) is 4.79 Å². The van der Waals surface area contributed by atoms with E-state index in [2.05, 4.69) is 30.5 Å². The number of fused-ring (bicyclic) bond motifs is 1. The van der Waals surface area contributed by atoms with Crippen molar-refractivity contribution in [1.82, 2.24) is 5.43 Å². The van der Waals surface area contributed by atoms with Crippen LogP contribution in [0.5, 0.6) is 0 Å². The Morgan fingerprint density at radius 1 is 1.53 bits per heavy atom. The van der Waals surface area contributed by atoms with Crippen LogP contribution in [-0.4, -0.2) is 11.7 Å². The van der Waals surface area contributed by atoms with E-state index < -0.39 is 6.03 Å². The van der Waals surface area contributed by atoms with Crippen LogP contribution in [0.15, 0.2) is 16.8 Å². The molecule has 0 heterocycles. The van der Waals surface area contributed by atoms with Crippen molar-refractivity contribution < 1.29 is 4.79 Å². The number of urea groups is 1. The Morgan fingerprint density at radius 3 is 3.00 bits per heavy atom. The lowest BCUT2D eigenvalue weighted by Gasteiger charge is -2.41. The Kier molecular flexibility index (Phi) is 3.22. The van der Waals surface area contributed by atoms with Gasteiger partial charge in [0.05, 0.1) is 0 Å². The van der Waals surface area contributed by atoms with Crippen LogP contribution in [0.1, 0.15) is 46.0 Å². The van der Waals surface area contributed by atoms with Crippen LogP contribution in [0, 0.1) is 11.3 Å². The summed E-state index contributed by atoms with van der Waals surface area (Å²) >= 11 is 0. The highest BCUT2D eigenvalue weighted by atomic mass is 16.2. The average molecular weight is 235 g/mol. The molecule has 0 aromatic carbocycles. The molecule has 2 rings (SSSR count). The van der Waals surface area contributed by atoms with Crippen LogP contribution >= 0.6 is 0 Å². The van der Waals surface area contributed by atoms with Gasteiger partial charge in [0, 0.05) is 11.1 Å². The second kappa shape index (κ2) is 4.51. The van der Waals surface area contributed by atoms with Gasteiger partial charge in [-0.15, -0.1) is 0 Å². The van der Waals surface area contributed by atoms with Crippen LogP contribution in [0.25, 0.3) is 0 Å². The lowest BCUT2D eigenvalue weighted by Crippen LogP contribution is -2.38. The van der Waals surface area contributed by atoms with Gasteiger partial charge in [0.15, 0.2) is 0 Å². The molecule has 2 aliphatic carbocycles. The minimum Gasteiger partial charge on any atom is -0.350 e. The number of allylic oxidation sites excluding steroid dienone is 2. The zero-order chi connectivity index (χ0) is 12.5. The Morgan fingerprint density at radius 2 is 2.29 bits per heavy atom. The first-order valence-corrected chi connectivity index (χ1v) is 6.35. The van der Waals surface area contributed by atoms with Gasteiger partial charge < -0.3 is 5.73 Å². The van der Waals surface area contributed by atoms with Gasteiger partial charge in [-0.25, -0.2) is 10.2 Å². The fourth-order valence-corrected chi connectivity index (χ4v) is 3.12. The molecular formula is C13H21N3O. The molecular weight excluding hydrogens is 214 g/mol. The lowest BCUT2D eigenvalue weighted by molar-refractivity contribution is 0.249. The van der Waals surface area contributed by atoms with Gasteiger partial charge in [-0.2, -0.15) is 5.10 Å². The Balaban J connectivity index is 2.24. The predicted molar refractivity (Wildman–Crippen MR) is 68.6 cm³/mol. The maximum Gasteiger partial charge on any atom is 0.332 e. The predicted octanol–water partition coefficient (Wildman–Crippen LogP) is 2.56. The molecule has 1 fully saturated rings. The minimum atomic E-state index is -0.590. The number of carbonyl (C=O) groups is 1. The standard InChI is InChI=1S/C13H21N3O/c1-13(2)10-6-4-3-5-9(10)7-8-11(13)15-16-12(14)17/h6,9H,3-5,7-8H2,1-2H3,(H3,14,16,17)/b15-11+. The van der Waals surface area contributed by atoms with E-state index in [0.29, 0.717) is 5.92 Å². The highest BCUT2D eigenvalue weighted by Gasteiger charge is 2.39. The highest BCUT2D eigenvalue weighted by Crippen LogP contribution is 2.45. The van der Waals surface area contributed by atoms with Crippen LogP contribution in [-0.2, 0) is 0 Å². The fourth-order valence-electron chi connectivity index (χ4n) is 3.12. The molecule has 2 aliphatic rings. The zero-order valence-electron chi connectivity index (χ0n) is 10.6. The third kappa shape index (κ3) is 2.35. The Hall–Kier alpha value is -1.32. The topological polar surface area (TPSA) is 67.5 Å².